The Morgan fingerprint density at radius 1 is 1.40 bits per heavy atom. The molecule has 5 heteroatoms. The highest BCUT2D eigenvalue weighted by Gasteiger charge is 2.09. The van der Waals surface area contributed by atoms with Crippen molar-refractivity contribution in [3.05, 3.63) is 23.9 Å². The molecule has 78 valence electrons. The highest BCUT2D eigenvalue weighted by atomic mass is 16.5. The molecule has 0 fully saturated rings. The van der Waals surface area contributed by atoms with Crippen molar-refractivity contribution in [1.82, 2.24) is 9.97 Å². The number of pyridine rings is 2. The van der Waals surface area contributed by atoms with Gasteiger partial charge in [-0.2, -0.15) is 0 Å². The number of nitrogens with zero attached hydrogens (tertiary/aromatic N) is 2. The average molecular weight is 206 g/mol. The number of rotatable bonds is 2. The fourth-order valence-electron chi connectivity index (χ4n) is 1.36. The molecule has 2 aromatic rings. The first-order valence-corrected chi connectivity index (χ1v) is 4.38. The van der Waals surface area contributed by atoms with Crippen LogP contribution in [-0.4, -0.2) is 27.3 Å². The van der Waals surface area contributed by atoms with Gasteiger partial charge >= 0.3 is 0 Å². The van der Waals surface area contributed by atoms with E-state index in [0.29, 0.717) is 22.5 Å². The van der Waals surface area contributed by atoms with Crippen molar-refractivity contribution in [2.75, 3.05) is 7.11 Å². The summed E-state index contributed by atoms with van der Waals surface area (Å²) in [6.07, 6.45) is 1.29. The molecule has 0 bridgehead atoms. The van der Waals surface area contributed by atoms with E-state index in [4.69, 9.17) is 9.84 Å². The minimum atomic E-state index is -0.287. The lowest BCUT2D eigenvalue weighted by Gasteiger charge is -2.06. The highest BCUT2D eigenvalue weighted by molar-refractivity contribution is 5.80. The van der Waals surface area contributed by atoms with Gasteiger partial charge in [-0.25, -0.2) is 4.98 Å². The average Bonchev–Trinajstić information content (AvgIpc) is 2.28. The Bertz CT molecular complexity index is 499. The molecule has 2 N–H and O–H groups in total. The van der Waals surface area contributed by atoms with E-state index in [-0.39, 0.29) is 12.4 Å². The fourth-order valence-corrected chi connectivity index (χ4v) is 1.36. The summed E-state index contributed by atoms with van der Waals surface area (Å²) < 4.78 is 4.96. The van der Waals surface area contributed by atoms with E-state index in [0.717, 1.165) is 0 Å². The number of hydrogen-bond acceptors (Lipinski definition) is 5. The Hall–Kier alpha value is -1.88. The van der Waals surface area contributed by atoms with Gasteiger partial charge < -0.3 is 14.9 Å². The lowest BCUT2D eigenvalue weighted by Crippen LogP contribution is -1.94. The van der Waals surface area contributed by atoms with Crippen LogP contribution in [0.15, 0.2) is 18.3 Å². The molecule has 0 atom stereocenters. The van der Waals surface area contributed by atoms with Crippen LogP contribution >= 0.6 is 0 Å². The van der Waals surface area contributed by atoms with Gasteiger partial charge in [-0.3, -0.25) is 4.98 Å². The largest absolute Gasteiger partial charge is 0.506 e. The predicted octanol–water partition coefficient (Wildman–Crippen LogP) is 0.836. The number of aliphatic hydroxyl groups excluding tert-OH is 1. The number of methoxy groups -OCH3 is 1. The van der Waals surface area contributed by atoms with Crippen LogP contribution < -0.4 is 4.74 Å². The molecule has 2 aromatic heterocycles. The molecule has 0 saturated carbocycles. The second kappa shape index (κ2) is 3.70. The first-order valence-electron chi connectivity index (χ1n) is 4.38. The van der Waals surface area contributed by atoms with Crippen LogP contribution in [0, 0.1) is 0 Å². The Morgan fingerprint density at radius 3 is 2.87 bits per heavy atom. The molecule has 0 aromatic carbocycles. The molecular weight excluding hydrogens is 196 g/mol. The van der Waals surface area contributed by atoms with E-state index in [1.165, 1.54) is 13.3 Å². The standard InChI is InChI=1S/C10H10N2O3/c1-15-9-3-2-7-10(12-9)6(5-13)8(14)4-11-7/h2-4,13-14H,5H2,1H3. The molecule has 0 saturated heterocycles. The molecule has 0 unspecified atom stereocenters. The van der Waals surface area contributed by atoms with E-state index < -0.39 is 0 Å². The molecule has 0 spiro atoms. The topological polar surface area (TPSA) is 75.5 Å². The monoisotopic (exact) mass is 206 g/mol. The molecule has 0 aliphatic carbocycles. The van der Waals surface area contributed by atoms with Crippen molar-refractivity contribution in [3.63, 3.8) is 0 Å². The normalized spacial score (nSPS) is 10.5. The second-order valence-electron chi connectivity index (χ2n) is 3.00. The zero-order chi connectivity index (χ0) is 10.8. The summed E-state index contributed by atoms with van der Waals surface area (Å²) >= 11 is 0. The molecule has 5 nitrogen and oxygen atoms in total. The van der Waals surface area contributed by atoms with Crippen molar-refractivity contribution in [2.45, 2.75) is 6.61 Å². The van der Waals surface area contributed by atoms with E-state index in [9.17, 15) is 5.11 Å². The van der Waals surface area contributed by atoms with Gasteiger partial charge in [0.1, 0.15) is 11.3 Å². The molecule has 15 heavy (non-hydrogen) atoms. The molecule has 0 aliphatic rings. The molecule has 0 aliphatic heterocycles. The number of aromatic hydroxyl groups is 1. The third-order valence-electron chi connectivity index (χ3n) is 2.14. The summed E-state index contributed by atoms with van der Waals surface area (Å²) in [5.74, 6) is 0.357. The molecule has 2 heterocycles. The molecular formula is C10H10N2O3. The van der Waals surface area contributed by atoms with Crippen LogP contribution in [0.5, 0.6) is 11.6 Å². The predicted molar refractivity (Wildman–Crippen MR) is 53.7 cm³/mol. The van der Waals surface area contributed by atoms with Crippen molar-refractivity contribution < 1.29 is 14.9 Å². The Morgan fingerprint density at radius 2 is 2.20 bits per heavy atom. The van der Waals surface area contributed by atoms with Crippen LogP contribution in [0.2, 0.25) is 0 Å². The number of hydrogen-bond donors (Lipinski definition) is 2. The third-order valence-corrected chi connectivity index (χ3v) is 2.14. The zero-order valence-corrected chi connectivity index (χ0v) is 8.14. The van der Waals surface area contributed by atoms with Crippen LogP contribution in [0.3, 0.4) is 0 Å². The molecule has 2 rings (SSSR count). The van der Waals surface area contributed by atoms with Crippen LogP contribution in [0.4, 0.5) is 0 Å². The summed E-state index contributed by atoms with van der Waals surface area (Å²) in [7, 11) is 1.50. The number of fused-ring (bicyclic) bond motifs is 1. The van der Waals surface area contributed by atoms with E-state index in [1.807, 2.05) is 0 Å². The van der Waals surface area contributed by atoms with Crippen LogP contribution in [-0.2, 0) is 6.61 Å². The van der Waals surface area contributed by atoms with Crippen LogP contribution in [0.1, 0.15) is 5.56 Å². The Kier molecular flexibility index (Phi) is 2.39. The van der Waals surface area contributed by atoms with Crippen molar-refractivity contribution in [2.24, 2.45) is 0 Å². The van der Waals surface area contributed by atoms with Gasteiger partial charge in [-0.1, -0.05) is 0 Å². The van der Waals surface area contributed by atoms with Gasteiger partial charge in [-0.15, -0.1) is 0 Å². The minimum absolute atomic E-state index is 0.0641. The quantitative estimate of drug-likeness (QED) is 0.761. The Labute approximate surface area is 86.0 Å². The van der Waals surface area contributed by atoms with Gasteiger partial charge in [0.25, 0.3) is 0 Å². The maximum absolute atomic E-state index is 9.47. The van der Waals surface area contributed by atoms with Crippen molar-refractivity contribution in [1.29, 1.82) is 0 Å². The number of aliphatic hydroxyl groups is 1. The zero-order valence-electron chi connectivity index (χ0n) is 8.14. The van der Waals surface area contributed by atoms with E-state index >= 15 is 0 Å². The number of aromatic nitrogens is 2. The summed E-state index contributed by atoms with van der Waals surface area (Å²) in [5, 5.41) is 18.6. The molecule has 0 radical (unpaired) electrons. The summed E-state index contributed by atoms with van der Waals surface area (Å²) in [6.45, 7) is -0.287. The lowest BCUT2D eigenvalue weighted by atomic mass is 10.2. The number of ether oxygens (including phenoxy) is 1. The van der Waals surface area contributed by atoms with Gasteiger partial charge in [0.15, 0.2) is 0 Å². The summed E-state index contributed by atoms with van der Waals surface area (Å²) in [6, 6.07) is 3.40. The minimum Gasteiger partial charge on any atom is -0.506 e. The second-order valence-corrected chi connectivity index (χ2v) is 3.00. The maximum atomic E-state index is 9.47. The highest BCUT2D eigenvalue weighted by Crippen LogP contribution is 2.25. The van der Waals surface area contributed by atoms with E-state index in [1.54, 1.807) is 12.1 Å². The molecule has 0 amide bonds. The van der Waals surface area contributed by atoms with Gasteiger partial charge in [0, 0.05) is 11.6 Å². The van der Waals surface area contributed by atoms with Crippen LogP contribution in [0.25, 0.3) is 11.0 Å². The SMILES string of the molecule is COc1ccc2ncc(O)c(CO)c2n1. The summed E-state index contributed by atoms with van der Waals surface area (Å²) in [5.41, 5.74) is 1.42. The van der Waals surface area contributed by atoms with E-state index in [2.05, 4.69) is 9.97 Å². The first-order chi connectivity index (χ1) is 7.26. The summed E-state index contributed by atoms with van der Waals surface area (Å²) in [4.78, 5) is 8.11. The maximum Gasteiger partial charge on any atom is 0.213 e. The first kappa shape index (κ1) is 9.67. The smallest absolute Gasteiger partial charge is 0.213 e. The third kappa shape index (κ3) is 1.57. The van der Waals surface area contributed by atoms with Gasteiger partial charge in [0.2, 0.25) is 5.88 Å². The van der Waals surface area contributed by atoms with Gasteiger partial charge in [0.05, 0.1) is 25.4 Å². The lowest BCUT2D eigenvalue weighted by molar-refractivity contribution is 0.276. The van der Waals surface area contributed by atoms with Gasteiger partial charge in [-0.05, 0) is 6.07 Å². The van der Waals surface area contributed by atoms with Crippen molar-refractivity contribution >= 4 is 11.0 Å². The van der Waals surface area contributed by atoms with Crippen molar-refractivity contribution in [3.8, 4) is 11.6 Å². The fraction of sp³-hybridized carbons (Fsp3) is 0.200. The Balaban J connectivity index is 2.76.